The SMILES string of the molecule is O=C(OCc1cc(COC(=O)Oc2ccc([N+](=O)[O-])cc2)c(OCc2ccc(OS(=O)(=O)F)cc2)c(COC(=O)Oc2ccc([N+](=O)[O-])cc2)c1)Oc1ccc([N+](=O)[O-])cc1. The number of nitrogens with zero attached hydrogens (tertiary/aromatic N) is 3. The Morgan fingerprint density at radius 2 is 0.836 bits per heavy atom. The van der Waals surface area contributed by atoms with E-state index in [4.69, 9.17) is 33.2 Å². The Kier molecular flexibility index (Phi) is 14.2. The van der Waals surface area contributed by atoms with Crippen molar-refractivity contribution in [1.29, 1.82) is 0 Å². The first-order valence-electron chi connectivity index (χ1n) is 16.8. The van der Waals surface area contributed by atoms with E-state index in [1.807, 2.05) is 0 Å². The van der Waals surface area contributed by atoms with Gasteiger partial charge in [-0.15, -0.1) is 0 Å². The van der Waals surface area contributed by atoms with Gasteiger partial charge in [0, 0.05) is 47.5 Å². The Balaban J connectivity index is 1.41. The second-order valence-electron chi connectivity index (χ2n) is 11.8. The predicted octanol–water partition coefficient (Wildman–Crippen LogP) is 7.73. The van der Waals surface area contributed by atoms with Gasteiger partial charge in [0.15, 0.2) is 0 Å². The number of ether oxygens (including phenoxy) is 7. The molecule has 0 aliphatic carbocycles. The summed E-state index contributed by atoms with van der Waals surface area (Å²) in [6.45, 7) is -2.11. The number of carbonyl (C=O) groups excluding carboxylic acids is 3. The van der Waals surface area contributed by atoms with E-state index in [0.717, 1.165) is 84.9 Å². The summed E-state index contributed by atoms with van der Waals surface area (Å²) in [5.74, 6) is -0.769. The first kappa shape index (κ1) is 43.7. The third-order valence-electron chi connectivity index (χ3n) is 7.60. The quantitative estimate of drug-likeness (QED) is 0.0215. The lowest BCUT2D eigenvalue weighted by molar-refractivity contribution is -0.385. The van der Waals surface area contributed by atoms with Crippen molar-refractivity contribution in [3.05, 3.63) is 162 Å². The van der Waals surface area contributed by atoms with Gasteiger partial charge in [0.1, 0.15) is 55.2 Å². The summed E-state index contributed by atoms with van der Waals surface area (Å²) in [4.78, 5) is 69.0. The van der Waals surface area contributed by atoms with Crippen molar-refractivity contribution < 1.29 is 78.8 Å². The van der Waals surface area contributed by atoms with Crippen LogP contribution in [0.4, 0.5) is 35.3 Å². The first-order chi connectivity index (χ1) is 29.0. The number of halogens is 1. The smallest absolute Gasteiger partial charge is 0.488 e. The topological polar surface area (TPSA) is 289 Å². The fraction of sp³-hybridized carbons (Fsp3) is 0.108. The van der Waals surface area contributed by atoms with Crippen molar-refractivity contribution in [2.75, 3.05) is 0 Å². The molecule has 5 aromatic rings. The van der Waals surface area contributed by atoms with E-state index in [0.29, 0.717) is 5.56 Å². The van der Waals surface area contributed by atoms with Crippen molar-refractivity contribution in [3.8, 4) is 28.7 Å². The molecule has 0 saturated heterocycles. The van der Waals surface area contributed by atoms with Gasteiger partial charge in [-0.2, -0.15) is 8.42 Å². The van der Waals surface area contributed by atoms with Crippen LogP contribution < -0.4 is 23.1 Å². The highest BCUT2D eigenvalue weighted by molar-refractivity contribution is 7.81. The van der Waals surface area contributed by atoms with Crippen LogP contribution in [0.15, 0.2) is 109 Å². The van der Waals surface area contributed by atoms with Gasteiger partial charge in [-0.25, -0.2) is 14.4 Å². The highest BCUT2D eigenvalue weighted by Gasteiger charge is 2.20. The molecule has 0 N–H and O–H groups in total. The molecule has 0 spiro atoms. The maximum atomic E-state index is 13.0. The molecular formula is C37H26FN3O19S. The third-order valence-corrected chi connectivity index (χ3v) is 7.99. The molecule has 0 aromatic heterocycles. The molecule has 24 heteroatoms. The highest BCUT2D eigenvalue weighted by atomic mass is 32.3. The van der Waals surface area contributed by atoms with Crippen LogP contribution in [-0.4, -0.2) is 41.7 Å². The van der Waals surface area contributed by atoms with Crippen LogP contribution in [0.25, 0.3) is 0 Å². The summed E-state index contributed by atoms with van der Waals surface area (Å²) in [6.07, 6.45) is -3.80. The molecule has 0 aliphatic heterocycles. The van der Waals surface area contributed by atoms with Gasteiger partial charge in [-0.1, -0.05) is 16.0 Å². The maximum Gasteiger partial charge on any atom is 0.514 e. The molecule has 316 valence electrons. The van der Waals surface area contributed by atoms with E-state index in [1.165, 1.54) is 24.3 Å². The number of non-ortho nitro benzene ring substituents is 3. The van der Waals surface area contributed by atoms with E-state index in [2.05, 4.69) is 4.18 Å². The standard InChI is InChI=1S/C37H26FN3O19S/c38-61(51,52)60-33-9-1-23(2-10-33)19-53-34-25(21-55-36(43)58-31-13-5-28(6-14-31)40(47)48)17-24(20-54-35(42)57-30-11-3-27(4-12-30)39(45)46)18-26(34)22-56-37(44)59-32-15-7-29(8-16-32)41(49)50/h1-18H,19-22H2. The summed E-state index contributed by atoms with van der Waals surface area (Å²) in [6, 6.07) is 21.0. The number of hydrogen-bond donors (Lipinski definition) is 0. The molecule has 0 saturated carbocycles. The molecule has 0 heterocycles. The zero-order valence-corrected chi connectivity index (χ0v) is 31.4. The number of nitro groups is 3. The van der Waals surface area contributed by atoms with Crippen LogP contribution in [0.2, 0.25) is 0 Å². The van der Waals surface area contributed by atoms with Crippen LogP contribution in [0.5, 0.6) is 28.7 Å². The van der Waals surface area contributed by atoms with Gasteiger partial charge in [0.05, 0.1) is 14.8 Å². The van der Waals surface area contributed by atoms with Crippen molar-refractivity contribution in [3.63, 3.8) is 0 Å². The minimum absolute atomic E-state index is 0.0382. The number of hydrogen-bond acceptors (Lipinski definition) is 19. The molecule has 61 heavy (non-hydrogen) atoms. The van der Waals surface area contributed by atoms with Gasteiger partial charge >= 0.3 is 29.0 Å². The lowest BCUT2D eigenvalue weighted by Crippen LogP contribution is -2.15. The van der Waals surface area contributed by atoms with E-state index >= 15 is 0 Å². The summed E-state index contributed by atoms with van der Waals surface area (Å²) >= 11 is 0. The minimum Gasteiger partial charge on any atom is -0.488 e. The van der Waals surface area contributed by atoms with Crippen LogP contribution in [-0.2, 0) is 51.1 Å². The summed E-state index contributed by atoms with van der Waals surface area (Å²) in [7, 11) is -5.32. The van der Waals surface area contributed by atoms with Crippen LogP contribution in [0.1, 0.15) is 22.3 Å². The molecule has 0 aliphatic rings. The van der Waals surface area contributed by atoms with Gasteiger partial charge in [0.25, 0.3) is 17.1 Å². The van der Waals surface area contributed by atoms with Crippen molar-refractivity contribution in [2.24, 2.45) is 0 Å². The fourth-order valence-corrected chi connectivity index (χ4v) is 5.26. The van der Waals surface area contributed by atoms with E-state index in [-0.39, 0.29) is 69.1 Å². The zero-order chi connectivity index (χ0) is 44.1. The number of carbonyl (C=O) groups is 3. The number of benzene rings is 5. The highest BCUT2D eigenvalue weighted by Crippen LogP contribution is 2.31. The predicted molar refractivity (Wildman–Crippen MR) is 200 cm³/mol. The Bertz CT molecular complexity index is 2440. The molecular weight excluding hydrogens is 841 g/mol. The minimum atomic E-state index is -5.32. The van der Waals surface area contributed by atoms with Gasteiger partial charge in [0.2, 0.25) is 0 Å². The van der Waals surface area contributed by atoms with Crippen molar-refractivity contribution in [1.82, 2.24) is 0 Å². The summed E-state index contributed by atoms with van der Waals surface area (Å²) in [5.41, 5.74) is -0.226. The van der Waals surface area contributed by atoms with Crippen molar-refractivity contribution in [2.45, 2.75) is 26.4 Å². The third kappa shape index (κ3) is 13.6. The first-order valence-corrected chi connectivity index (χ1v) is 18.1. The lowest BCUT2D eigenvalue weighted by Gasteiger charge is -2.18. The molecule has 0 bridgehead atoms. The van der Waals surface area contributed by atoms with E-state index in [9.17, 15) is 57.0 Å². The van der Waals surface area contributed by atoms with E-state index in [1.54, 1.807) is 0 Å². The molecule has 0 radical (unpaired) electrons. The Morgan fingerprint density at radius 1 is 0.492 bits per heavy atom. The Morgan fingerprint density at radius 3 is 1.18 bits per heavy atom. The summed E-state index contributed by atoms with van der Waals surface area (Å²) < 4.78 is 76.1. The average Bonchev–Trinajstić information content (AvgIpc) is 3.21. The lowest BCUT2D eigenvalue weighted by atomic mass is 10.0. The summed E-state index contributed by atoms with van der Waals surface area (Å²) in [5, 5.41) is 32.9. The monoisotopic (exact) mass is 867 g/mol. The Labute approximate surface area is 341 Å². The van der Waals surface area contributed by atoms with E-state index < -0.39 is 63.6 Å². The normalized spacial score (nSPS) is 10.7. The Hall–Kier alpha value is -8.41. The van der Waals surface area contributed by atoms with Gasteiger partial charge < -0.3 is 37.3 Å². The molecule has 0 atom stereocenters. The molecule has 5 aromatic carbocycles. The zero-order valence-electron chi connectivity index (χ0n) is 30.6. The second-order valence-corrected chi connectivity index (χ2v) is 12.8. The largest absolute Gasteiger partial charge is 0.514 e. The van der Waals surface area contributed by atoms with Crippen LogP contribution >= 0.6 is 0 Å². The van der Waals surface area contributed by atoms with Crippen LogP contribution in [0, 0.1) is 30.3 Å². The molecule has 22 nitrogen and oxygen atoms in total. The number of nitro benzene ring substituents is 3. The van der Waals surface area contributed by atoms with Crippen molar-refractivity contribution >= 4 is 46.0 Å². The number of rotatable bonds is 17. The molecule has 0 amide bonds. The fourth-order valence-electron chi connectivity index (χ4n) is 4.92. The van der Waals surface area contributed by atoms with Gasteiger partial charge in [-0.3, -0.25) is 30.3 Å². The molecule has 0 fully saturated rings. The van der Waals surface area contributed by atoms with Crippen LogP contribution in [0.3, 0.4) is 0 Å². The maximum absolute atomic E-state index is 13.0. The molecule has 0 unspecified atom stereocenters. The molecule has 5 rings (SSSR count). The second kappa shape index (κ2) is 19.8. The average molecular weight is 868 g/mol. The van der Waals surface area contributed by atoms with Gasteiger partial charge in [-0.05, 0) is 71.8 Å².